The van der Waals surface area contributed by atoms with Crippen molar-refractivity contribution in [3.8, 4) is 0 Å². The molecule has 0 aliphatic heterocycles. The van der Waals surface area contributed by atoms with E-state index in [2.05, 4.69) is 28.2 Å². The van der Waals surface area contributed by atoms with E-state index >= 15 is 0 Å². The average Bonchev–Trinajstić information content (AvgIpc) is 2.31. The number of hydrogen-bond donors (Lipinski definition) is 1. The smallest absolute Gasteiger partial charge is 0.234 e. The average molecular weight is 300 g/mol. The van der Waals surface area contributed by atoms with Gasteiger partial charge in [0.1, 0.15) is 0 Å². The van der Waals surface area contributed by atoms with Crippen LogP contribution in [0, 0.1) is 23.7 Å². The summed E-state index contributed by atoms with van der Waals surface area (Å²) in [5.74, 6) is 3.75. The van der Waals surface area contributed by atoms with Gasteiger partial charge in [-0.05, 0) is 62.2 Å². The van der Waals surface area contributed by atoms with Gasteiger partial charge in [0.2, 0.25) is 5.91 Å². The molecule has 0 aromatic heterocycles. The van der Waals surface area contributed by atoms with Gasteiger partial charge in [0.05, 0.1) is 4.83 Å². The fourth-order valence-electron chi connectivity index (χ4n) is 4.60. The fraction of sp³-hybridized carbons (Fsp3) is 0.929. The Labute approximate surface area is 112 Å². The molecule has 0 heterocycles. The van der Waals surface area contributed by atoms with E-state index in [1.54, 1.807) is 0 Å². The summed E-state index contributed by atoms with van der Waals surface area (Å²) < 4.78 is 0. The maximum Gasteiger partial charge on any atom is 0.234 e. The van der Waals surface area contributed by atoms with E-state index in [0.717, 1.165) is 30.1 Å². The highest BCUT2D eigenvalue weighted by Crippen LogP contribution is 2.53. The lowest BCUT2D eigenvalue weighted by Crippen LogP contribution is -2.56. The summed E-state index contributed by atoms with van der Waals surface area (Å²) in [4.78, 5) is 12.0. The highest BCUT2D eigenvalue weighted by molar-refractivity contribution is 9.10. The molecular weight excluding hydrogens is 278 g/mol. The molecule has 96 valence electrons. The van der Waals surface area contributed by atoms with E-state index in [4.69, 9.17) is 0 Å². The standard InChI is InChI=1S/C14H22BrNO/c1-2-12(15)14(17)16-13-10-4-8-3-9(6-10)7-11(13)5-8/h8-13H,2-7H2,1H3,(H,16,17). The third-order valence-electron chi connectivity index (χ3n) is 5.18. The van der Waals surface area contributed by atoms with Gasteiger partial charge in [-0.15, -0.1) is 0 Å². The highest BCUT2D eigenvalue weighted by atomic mass is 79.9. The Morgan fingerprint density at radius 2 is 1.71 bits per heavy atom. The van der Waals surface area contributed by atoms with Crippen molar-refractivity contribution in [2.75, 3.05) is 0 Å². The molecule has 0 aromatic carbocycles. The monoisotopic (exact) mass is 299 g/mol. The Bertz CT molecular complexity index is 289. The molecule has 1 amide bonds. The molecule has 0 aromatic rings. The summed E-state index contributed by atoms with van der Waals surface area (Å²) in [6, 6.07) is 0.488. The summed E-state index contributed by atoms with van der Waals surface area (Å²) in [5, 5.41) is 3.33. The van der Waals surface area contributed by atoms with Crippen molar-refractivity contribution in [3.63, 3.8) is 0 Å². The van der Waals surface area contributed by atoms with E-state index in [1.165, 1.54) is 32.1 Å². The number of rotatable bonds is 3. The van der Waals surface area contributed by atoms with Crippen LogP contribution in [0.4, 0.5) is 0 Å². The zero-order valence-electron chi connectivity index (χ0n) is 10.5. The highest BCUT2D eigenvalue weighted by Gasteiger charge is 2.48. The molecule has 17 heavy (non-hydrogen) atoms. The number of carbonyl (C=O) groups excluding carboxylic acids is 1. The first-order chi connectivity index (χ1) is 8.17. The van der Waals surface area contributed by atoms with Crippen LogP contribution in [-0.4, -0.2) is 16.8 Å². The molecule has 4 rings (SSSR count). The normalized spacial score (nSPS) is 44.7. The second-order valence-electron chi connectivity index (χ2n) is 6.34. The van der Waals surface area contributed by atoms with E-state index in [9.17, 15) is 4.79 Å². The van der Waals surface area contributed by atoms with E-state index in [-0.39, 0.29) is 10.7 Å². The van der Waals surface area contributed by atoms with E-state index in [1.807, 2.05) is 0 Å². The number of halogens is 1. The molecule has 4 aliphatic rings. The van der Waals surface area contributed by atoms with Crippen LogP contribution in [0.1, 0.15) is 45.4 Å². The molecular formula is C14H22BrNO. The summed E-state index contributed by atoms with van der Waals surface area (Å²) in [7, 11) is 0. The Balaban J connectivity index is 1.66. The summed E-state index contributed by atoms with van der Waals surface area (Å²) in [6.07, 6.45) is 7.84. The molecule has 3 heteroatoms. The SMILES string of the molecule is CCC(Br)C(=O)NC1C2CC3CC(C2)CC1C3. The molecule has 0 spiro atoms. The van der Waals surface area contributed by atoms with Gasteiger partial charge in [-0.25, -0.2) is 0 Å². The Hall–Kier alpha value is -0.0500. The third-order valence-corrected chi connectivity index (χ3v) is 6.24. The first-order valence-electron chi connectivity index (χ1n) is 7.11. The first-order valence-corrected chi connectivity index (χ1v) is 8.03. The van der Waals surface area contributed by atoms with Crippen LogP contribution in [0.25, 0.3) is 0 Å². The lowest BCUT2D eigenvalue weighted by Gasteiger charge is -2.54. The molecule has 2 nitrogen and oxygen atoms in total. The lowest BCUT2D eigenvalue weighted by molar-refractivity contribution is -0.124. The van der Waals surface area contributed by atoms with Crippen molar-refractivity contribution in [3.05, 3.63) is 0 Å². The molecule has 4 bridgehead atoms. The minimum absolute atomic E-state index is 0.000289. The van der Waals surface area contributed by atoms with Crippen molar-refractivity contribution in [1.82, 2.24) is 5.32 Å². The fourth-order valence-corrected chi connectivity index (χ4v) is 4.73. The van der Waals surface area contributed by atoms with Gasteiger partial charge in [-0.1, -0.05) is 22.9 Å². The number of hydrogen-bond acceptors (Lipinski definition) is 1. The number of alkyl halides is 1. The molecule has 4 saturated carbocycles. The summed E-state index contributed by atoms with van der Waals surface area (Å²) >= 11 is 3.46. The van der Waals surface area contributed by atoms with Gasteiger partial charge < -0.3 is 5.32 Å². The predicted molar refractivity (Wildman–Crippen MR) is 72.0 cm³/mol. The van der Waals surface area contributed by atoms with Gasteiger partial charge in [-0.2, -0.15) is 0 Å². The first kappa shape index (κ1) is 12.0. The van der Waals surface area contributed by atoms with Crippen molar-refractivity contribution in [2.45, 2.75) is 56.3 Å². The van der Waals surface area contributed by atoms with Crippen LogP contribution >= 0.6 is 15.9 Å². The topological polar surface area (TPSA) is 29.1 Å². The minimum atomic E-state index is -0.000289. The van der Waals surface area contributed by atoms with Gasteiger partial charge in [0, 0.05) is 6.04 Å². The maximum absolute atomic E-state index is 12.0. The molecule has 1 N–H and O–H groups in total. The summed E-state index contributed by atoms with van der Waals surface area (Å²) in [5.41, 5.74) is 0. The predicted octanol–water partition coefficient (Wildman–Crippen LogP) is 3.10. The third kappa shape index (κ3) is 2.16. The van der Waals surface area contributed by atoms with Crippen molar-refractivity contribution in [1.29, 1.82) is 0 Å². The zero-order valence-corrected chi connectivity index (χ0v) is 12.1. The number of amides is 1. The van der Waals surface area contributed by atoms with Crippen LogP contribution < -0.4 is 5.32 Å². The van der Waals surface area contributed by atoms with Crippen LogP contribution in [0.15, 0.2) is 0 Å². The minimum Gasteiger partial charge on any atom is -0.352 e. The Kier molecular flexibility index (Phi) is 3.22. The molecule has 1 unspecified atom stereocenters. The molecule has 1 atom stereocenters. The van der Waals surface area contributed by atoms with Gasteiger partial charge in [0.25, 0.3) is 0 Å². The van der Waals surface area contributed by atoms with Gasteiger partial charge >= 0.3 is 0 Å². The van der Waals surface area contributed by atoms with Crippen LogP contribution in [0.3, 0.4) is 0 Å². The number of nitrogens with one attached hydrogen (secondary N) is 1. The zero-order chi connectivity index (χ0) is 12.0. The molecule has 0 radical (unpaired) electrons. The maximum atomic E-state index is 12.0. The van der Waals surface area contributed by atoms with E-state index < -0.39 is 0 Å². The molecule has 4 fully saturated rings. The van der Waals surface area contributed by atoms with Crippen molar-refractivity contribution in [2.24, 2.45) is 23.7 Å². The van der Waals surface area contributed by atoms with Gasteiger partial charge in [0.15, 0.2) is 0 Å². The molecule has 4 aliphatic carbocycles. The van der Waals surface area contributed by atoms with Gasteiger partial charge in [-0.3, -0.25) is 4.79 Å². The van der Waals surface area contributed by atoms with Crippen molar-refractivity contribution < 1.29 is 4.79 Å². The second kappa shape index (κ2) is 4.56. The lowest BCUT2D eigenvalue weighted by atomic mass is 9.54. The largest absolute Gasteiger partial charge is 0.352 e. The Morgan fingerprint density at radius 3 is 2.18 bits per heavy atom. The van der Waals surface area contributed by atoms with Crippen LogP contribution in [-0.2, 0) is 4.79 Å². The van der Waals surface area contributed by atoms with E-state index in [0.29, 0.717) is 6.04 Å². The van der Waals surface area contributed by atoms with Crippen LogP contribution in [0.5, 0.6) is 0 Å². The quantitative estimate of drug-likeness (QED) is 0.797. The van der Waals surface area contributed by atoms with Crippen molar-refractivity contribution >= 4 is 21.8 Å². The second-order valence-corrected chi connectivity index (χ2v) is 7.45. The van der Waals surface area contributed by atoms with Crippen LogP contribution in [0.2, 0.25) is 0 Å². The number of carbonyl (C=O) groups is 1. The summed E-state index contributed by atoms with van der Waals surface area (Å²) in [6.45, 7) is 2.05. The molecule has 0 saturated heterocycles. The Morgan fingerprint density at radius 1 is 1.18 bits per heavy atom.